The van der Waals surface area contributed by atoms with Gasteiger partial charge in [0, 0.05) is 0 Å². The van der Waals surface area contributed by atoms with Crippen LogP contribution in [-0.4, -0.2) is 22.3 Å². The van der Waals surface area contributed by atoms with Gasteiger partial charge >= 0.3 is 15.6 Å². The third-order valence-electron chi connectivity index (χ3n) is 1.69. The van der Waals surface area contributed by atoms with E-state index in [1.807, 2.05) is 0 Å². The smallest absolute Gasteiger partial charge is 0.197 e. The molecule has 0 aliphatic rings. The van der Waals surface area contributed by atoms with Gasteiger partial charge in [-0.15, -0.1) is 0 Å². The molecule has 0 heterocycles. The molecule has 0 unspecified atom stereocenters. The van der Waals surface area contributed by atoms with E-state index >= 15 is 0 Å². The molecule has 0 bridgehead atoms. The highest BCUT2D eigenvalue weighted by Crippen LogP contribution is 2.25. The lowest BCUT2D eigenvalue weighted by atomic mass is 10.2. The molecule has 0 amide bonds. The zero-order valence-corrected chi connectivity index (χ0v) is 10.6. The van der Waals surface area contributed by atoms with Crippen molar-refractivity contribution >= 4 is 20.2 Å². The van der Waals surface area contributed by atoms with Crippen molar-refractivity contribution in [1.29, 1.82) is 0 Å². The van der Waals surface area contributed by atoms with Gasteiger partial charge in [0.05, 0.1) is 0 Å². The van der Waals surface area contributed by atoms with Crippen LogP contribution in [0, 0.1) is 0 Å². The molecule has 0 saturated carbocycles. The highest BCUT2D eigenvalue weighted by Gasteiger charge is 2.49. The molecular weight excluding hydrogens is 313 g/mol. The molecule has 0 aromatic heterocycles. The summed E-state index contributed by atoms with van der Waals surface area (Å²) in [7, 11) is -10.8. The first-order valence-corrected chi connectivity index (χ1v) is 7.48. The summed E-state index contributed by atoms with van der Waals surface area (Å²) in [6.07, 6.45) is 0. The Morgan fingerprint density at radius 2 is 1.47 bits per heavy atom. The van der Waals surface area contributed by atoms with Gasteiger partial charge in [-0.3, -0.25) is 0 Å². The van der Waals surface area contributed by atoms with Gasteiger partial charge in [-0.1, -0.05) is 39.0 Å². The molecule has 0 atom stereocenters. The van der Waals surface area contributed by atoms with E-state index < -0.39 is 31.5 Å². The van der Waals surface area contributed by atoms with Crippen LogP contribution in [0.5, 0.6) is 0 Å². The first-order valence-electron chi connectivity index (χ1n) is 4.49. The van der Waals surface area contributed by atoms with Crippen LogP contribution in [0.4, 0.5) is 13.2 Å². The largest absolute Gasteiger partial charge is 0.525 e. The van der Waals surface area contributed by atoms with Crippen LogP contribution in [0.3, 0.4) is 0 Å². The van der Waals surface area contributed by atoms with Crippen molar-refractivity contribution in [3.8, 4) is 0 Å². The van der Waals surface area contributed by atoms with Gasteiger partial charge in [-0.2, -0.15) is 30.0 Å². The fraction of sp³-hybridized carbons (Fsp3) is 0.250. The van der Waals surface area contributed by atoms with E-state index in [0.29, 0.717) is 0 Å². The van der Waals surface area contributed by atoms with Crippen LogP contribution < -0.4 is 0 Å². The molecule has 11 heteroatoms. The van der Waals surface area contributed by atoms with Gasteiger partial charge in [0.15, 0.2) is 0 Å². The van der Waals surface area contributed by atoms with Crippen LogP contribution in [0.15, 0.2) is 30.3 Å². The summed E-state index contributed by atoms with van der Waals surface area (Å²) in [5.41, 5.74) is -5.58. The van der Waals surface area contributed by atoms with Crippen LogP contribution >= 0.6 is 0 Å². The predicted molar refractivity (Wildman–Crippen MR) is 56.2 cm³/mol. The number of benzene rings is 1. The molecule has 1 aromatic rings. The summed E-state index contributed by atoms with van der Waals surface area (Å²) in [4.78, 5) is 0. The van der Waals surface area contributed by atoms with Crippen molar-refractivity contribution in [2.75, 3.05) is 0 Å². The van der Waals surface area contributed by atoms with E-state index in [-0.39, 0.29) is 5.56 Å². The summed E-state index contributed by atoms with van der Waals surface area (Å²) in [5.74, 6) is -0.832. The molecule has 108 valence electrons. The molecule has 0 saturated heterocycles. The molecule has 0 N–H and O–H groups in total. The fourth-order valence-electron chi connectivity index (χ4n) is 0.920. The van der Waals surface area contributed by atoms with E-state index in [1.165, 1.54) is 24.3 Å². The second-order valence-electron chi connectivity index (χ2n) is 3.22. The zero-order valence-electron chi connectivity index (χ0n) is 8.99. The van der Waals surface area contributed by atoms with Gasteiger partial charge in [0.1, 0.15) is 5.75 Å². The average molecular weight is 320 g/mol. The van der Waals surface area contributed by atoms with Crippen LogP contribution in [-0.2, 0) is 34.7 Å². The highest BCUT2D eigenvalue weighted by molar-refractivity contribution is 7.89. The summed E-state index contributed by atoms with van der Waals surface area (Å²) < 4.78 is 85.1. The van der Waals surface area contributed by atoms with E-state index in [1.54, 1.807) is 6.07 Å². The third-order valence-corrected chi connectivity index (χ3v) is 3.55. The monoisotopic (exact) mass is 320 g/mol. The van der Waals surface area contributed by atoms with E-state index in [0.717, 1.165) is 0 Å². The van der Waals surface area contributed by atoms with Crippen LogP contribution in [0.2, 0.25) is 0 Å². The van der Waals surface area contributed by atoms with Crippen molar-refractivity contribution in [2.45, 2.75) is 11.3 Å². The Balaban J connectivity index is 2.73. The van der Waals surface area contributed by atoms with Crippen molar-refractivity contribution in [3.05, 3.63) is 35.9 Å². The SMILES string of the molecule is O=S(=O)(Cc1ccccc1)OOS(=O)(=O)C(F)(F)F. The Hall–Kier alpha value is -1.17. The first-order chi connectivity index (χ1) is 8.54. The second-order valence-corrected chi connectivity index (χ2v) is 6.27. The van der Waals surface area contributed by atoms with Gasteiger partial charge in [-0.05, 0) is 5.56 Å². The third kappa shape index (κ3) is 4.78. The van der Waals surface area contributed by atoms with Crippen molar-refractivity contribution in [3.63, 3.8) is 0 Å². The maximum Gasteiger partial charge on any atom is 0.525 e. The van der Waals surface area contributed by atoms with Crippen LogP contribution in [0.1, 0.15) is 5.56 Å². The van der Waals surface area contributed by atoms with Crippen molar-refractivity contribution in [2.24, 2.45) is 0 Å². The minimum atomic E-state index is -6.12. The fourth-order valence-corrected chi connectivity index (χ4v) is 2.28. The maximum absolute atomic E-state index is 11.8. The second kappa shape index (κ2) is 5.45. The van der Waals surface area contributed by atoms with E-state index in [9.17, 15) is 30.0 Å². The Kier molecular flexibility index (Phi) is 4.55. The van der Waals surface area contributed by atoms with Gasteiger partial charge < -0.3 is 0 Å². The van der Waals surface area contributed by atoms with Gasteiger partial charge in [0.25, 0.3) is 10.1 Å². The predicted octanol–water partition coefficient (Wildman–Crippen LogP) is 1.31. The molecule has 0 aliphatic carbocycles. The van der Waals surface area contributed by atoms with Gasteiger partial charge in [-0.25, -0.2) is 0 Å². The quantitative estimate of drug-likeness (QED) is 0.462. The van der Waals surface area contributed by atoms with Crippen LogP contribution in [0.25, 0.3) is 0 Å². The number of rotatable bonds is 5. The molecule has 0 radical (unpaired) electrons. The molecule has 1 rings (SSSR count). The first kappa shape index (κ1) is 15.9. The zero-order chi connectivity index (χ0) is 14.7. The molecule has 1 aromatic carbocycles. The maximum atomic E-state index is 11.8. The topological polar surface area (TPSA) is 86.7 Å². The molecule has 19 heavy (non-hydrogen) atoms. The lowest BCUT2D eigenvalue weighted by molar-refractivity contribution is -0.124. The minimum Gasteiger partial charge on any atom is -0.197 e. The molecule has 6 nitrogen and oxygen atoms in total. The average Bonchev–Trinajstić information content (AvgIpc) is 2.26. The number of hydrogen-bond acceptors (Lipinski definition) is 6. The molecule has 0 fully saturated rings. The van der Waals surface area contributed by atoms with Crippen molar-refractivity contribution in [1.82, 2.24) is 0 Å². The Morgan fingerprint density at radius 1 is 0.947 bits per heavy atom. The standard InChI is InChI=1S/C8H7F3O6S2/c9-8(10,11)19(14,15)17-16-18(12,13)6-7-4-2-1-3-5-7/h1-5H,6H2. The lowest BCUT2D eigenvalue weighted by Gasteiger charge is -2.07. The molecular formula is C8H7F3O6S2. The van der Waals surface area contributed by atoms with Crippen molar-refractivity contribution < 1.29 is 38.7 Å². The Bertz CT molecular complexity index is 620. The van der Waals surface area contributed by atoms with Gasteiger partial charge in [0.2, 0.25) is 0 Å². The Morgan fingerprint density at radius 3 is 1.95 bits per heavy atom. The van der Waals surface area contributed by atoms with E-state index in [2.05, 4.69) is 8.67 Å². The molecule has 0 spiro atoms. The summed E-state index contributed by atoms with van der Waals surface area (Å²) >= 11 is 0. The number of halogens is 3. The minimum absolute atomic E-state index is 0.190. The number of hydrogen-bond donors (Lipinski definition) is 0. The summed E-state index contributed by atoms with van der Waals surface area (Å²) in [6.45, 7) is 0. The Labute approximate surface area is 106 Å². The number of alkyl halides is 3. The lowest BCUT2D eigenvalue weighted by Crippen LogP contribution is -2.27. The van der Waals surface area contributed by atoms with E-state index in [4.69, 9.17) is 0 Å². The highest BCUT2D eigenvalue weighted by atomic mass is 32.2. The normalized spacial score (nSPS) is 13.4. The summed E-state index contributed by atoms with van der Waals surface area (Å²) in [6, 6.07) is 7.27. The molecule has 0 aliphatic heterocycles. The summed E-state index contributed by atoms with van der Waals surface area (Å²) in [5, 5.41) is 0.